The molecule has 2 aliphatic heterocycles. The van der Waals surface area contributed by atoms with Crippen molar-refractivity contribution < 1.29 is 38.1 Å². The molecular formula is C19H17N5O8. The molecule has 1 spiro atoms. The first-order chi connectivity index (χ1) is 15.4. The first kappa shape index (κ1) is 20.0. The molecule has 1 saturated carbocycles. The number of aromatic nitrogens is 3. The summed E-state index contributed by atoms with van der Waals surface area (Å²) in [6.07, 6.45) is -3.44. The summed E-state index contributed by atoms with van der Waals surface area (Å²) >= 11 is 0. The minimum Gasteiger partial charge on any atom is -0.453 e. The van der Waals surface area contributed by atoms with Gasteiger partial charge in [-0.2, -0.15) is 10.4 Å². The third kappa shape index (κ3) is 2.56. The largest absolute Gasteiger partial charge is 0.508 e. The summed E-state index contributed by atoms with van der Waals surface area (Å²) in [5.41, 5.74) is 2.82. The zero-order valence-corrected chi connectivity index (χ0v) is 16.7. The van der Waals surface area contributed by atoms with Gasteiger partial charge in [-0.3, -0.25) is 9.59 Å². The lowest BCUT2D eigenvalue weighted by atomic mass is 9.90. The van der Waals surface area contributed by atoms with Crippen molar-refractivity contribution in [1.82, 2.24) is 14.6 Å². The number of fused-ring (bicyclic) bond motifs is 1. The van der Waals surface area contributed by atoms with E-state index in [0.29, 0.717) is 5.52 Å². The van der Waals surface area contributed by atoms with E-state index in [0.717, 1.165) is 7.11 Å². The van der Waals surface area contributed by atoms with Crippen LogP contribution in [0.1, 0.15) is 25.0 Å². The fourth-order valence-electron chi connectivity index (χ4n) is 4.39. The highest BCUT2D eigenvalue weighted by Gasteiger charge is 2.89. The fraction of sp³-hybridized carbons (Fsp3) is 0.474. The number of nitrogens with zero attached hydrogens (tertiary/aromatic N) is 4. The van der Waals surface area contributed by atoms with Crippen LogP contribution in [0.15, 0.2) is 18.5 Å². The van der Waals surface area contributed by atoms with Crippen LogP contribution >= 0.6 is 0 Å². The molecule has 1 unspecified atom stereocenters. The second-order valence-corrected chi connectivity index (χ2v) is 7.59. The topological polar surface area (TPSA) is 177 Å². The van der Waals surface area contributed by atoms with Crippen LogP contribution in [0.3, 0.4) is 0 Å². The summed E-state index contributed by atoms with van der Waals surface area (Å²) < 4.78 is 28.4. The molecule has 2 N–H and O–H groups in total. The predicted octanol–water partition coefficient (Wildman–Crippen LogP) is -0.0279. The molecule has 4 heterocycles. The van der Waals surface area contributed by atoms with E-state index in [2.05, 4.69) is 20.9 Å². The zero-order valence-electron chi connectivity index (χ0n) is 16.7. The predicted molar refractivity (Wildman–Crippen MR) is 99.4 cm³/mol. The average molecular weight is 443 g/mol. The Morgan fingerprint density at radius 1 is 1.34 bits per heavy atom. The number of nitrogens with two attached hydrogens (primary N) is 1. The standard InChI is InChI=1S/C19H17N5O8/c1-28-17(27)30-13-14-19(13)16(29-11(25)3-2-4-12(26)31-19)18(7-20,32-14)10-6-5-9-15(21)22-8-23-24(9)10/h5-6,8,13-14,16H,2-4H2,1H3,(H2,21,22,23)/t13?,14-,16+,18+,19-/m1/s1. The quantitative estimate of drug-likeness (QED) is 0.485. The second kappa shape index (κ2) is 6.79. The third-order valence-electron chi connectivity index (χ3n) is 5.87. The number of nitrogen functional groups attached to an aromatic ring is 1. The van der Waals surface area contributed by atoms with Crippen LogP contribution in [0, 0.1) is 11.3 Å². The highest BCUT2D eigenvalue weighted by Crippen LogP contribution is 2.63. The maximum atomic E-state index is 12.5. The lowest BCUT2D eigenvalue weighted by Crippen LogP contribution is -2.51. The van der Waals surface area contributed by atoms with E-state index in [9.17, 15) is 19.6 Å². The van der Waals surface area contributed by atoms with Gasteiger partial charge in [-0.05, 0) is 18.6 Å². The van der Waals surface area contributed by atoms with Gasteiger partial charge in [0.1, 0.15) is 24.0 Å². The molecule has 5 atom stereocenters. The number of hydrogen-bond acceptors (Lipinski definition) is 12. The van der Waals surface area contributed by atoms with E-state index in [1.807, 2.05) is 0 Å². The van der Waals surface area contributed by atoms with Gasteiger partial charge in [0.2, 0.25) is 11.2 Å². The van der Waals surface area contributed by atoms with Gasteiger partial charge >= 0.3 is 18.1 Å². The Labute approximate surface area is 179 Å². The maximum Gasteiger partial charge on any atom is 0.508 e. The lowest BCUT2D eigenvalue weighted by molar-refractivity contribution is -0.182. The molecule has 13 heteroatoms. The molecule has 2 aromatic heterocycles. The van der Waals surface area contributed by atoms with Gasteiger partial charge in [-0.15, -0.1) is 0 Å². The Kier molecular flexibility index (Phi) is 4.25. The zero-order chi connectivity index (χ0) is 22.7. The van der Waals surface area contributed by atoms with Crippen LogP contribution in [0.5, 0.6) is 0 Å². The van der Waals surface area contributed by atoms with Crippen LogP contribution in [0.2, 0.25) is 0 Å². The van der Waals surface area contributed by atoms with E-state index in [1.54, 1.807) is 6.07 Å². The molecule has 166 valence electrons. The number of esters is 2. The highest BCUT2D eigenvalue weighted by atomic mass is 16.8. The van der Waals surface area contributed by atoms with Crippen molar-refractivity contribution in [3.8, 4) is 6.07 Å². The summed E-state index contributed by atoms with van der Waals surface area (Å²) in [4.78, 5) is 40.7. The number of carbonyl (C=O) groups is 3. The van der Waals surface area contributed by atoms with E-state index in [-0.39, 0.29) is 30.8 Å². The minimum atomic E-state index is -1.94. The Morgan fingerprint density at radius 3 is 2.88 bits per heavy atom. The summed E-state index contributed by atoms with van der Waals surface area (Å²) in [7, 11) is 1.11. The van der Waals surface area contributed by atoms with E-state index < -0.39 is 47.6 Å². The SMILES string of the molecule is COC(=O)OC1[C@H]2O[C@@](C#N)(c3ccc4c(N)ncnn34)[C@@H]3OC(=O)CCCC(=O)O[C@]123. The molecule has 3 aliphatic rings. The highest BCUT2D eigenvalue weighted by molar-refractivity contribution is 5.76. The molecule has 32 heavy (non-hydrogen) atoms. The Hall–Kier alpha value is -3.92. The molecule has 13 nitrogen and oxygen atoms in total. The van der Waals surface area contributed by atoms with Crippen LogP contribution < -0.4 is 5.73 Å². The van der Waals surface area contributed by atoms with Crippen molar-refractivity contribution in [2.24, 2.45) is 0 Å². The van der Waals surface area contributed by atoms with E-state index in [1.165, 1.54) is 16.9 Å². The van der Waals surface area contributed by atoms with Crippen molar-refractivity contribution in [3.05, 3.63) is 24.2 Å². The van der Waals surface area contributed by atoms with Gasteiger partial charge in [0.05, 0.1) is 12.8 Å². The fourth-order valence-corrected chi connectivity index (χ4v) is 4.39. The number of ether oxygens (including phenoxy) is 5. The lowest BCUT2D eigenvalue weighted by Gasteiger charge is -2.33. The first-order valence-electron chi connectivity index (χ1n) is 9.71. The second-order valence-electron chi connectivity index (χ2n) is 7.59. The average Bonchev–Trinajstić information content (AvgIpc) is 3.08. The number of hydrogen-bond donors (Lipinski definition) is 1. The molecule has 0 aromatic carbocycles. The molecule has 3 fully saturated rings. The molecule has 0 bridgehead atoms. The van der Waals surface area contributed by atoms with Crippen molar-refractivity contribution in [2.45, 2.75) is 48.8 Å². The summed E-state index contributed by atoms with van der Waals surface area (Å²) in [6.45, 7) is 0. The molecule has 2 saturated heterocycles. The van der Waals surface area contributed by atoms with Crippen molar-refractivity contribution in [1.29, 1.82) is 5.26 Å². The van der Waals surface area contributed by atoms with Gasteiger partial charge in [0.15, 0.2) is 18.0 Å². The summed E-state index contributed by atoms with van der Waals surface area (Å²) in [6, 6.07) is 5.16. The van der Waals surface area contributed by atoms with Crippen molar-refractivity contribution in [3.63, 3.8) is 0 Å². The normalized spacial score (nSPS) is 33.4. The number of anilines is 1. The van der Waals surface area contributed by atoms with Crippen LogP contribution in [-0.2, 0) is 38.9 Å². The van der Waals surface area contributed by atoms with Crippen LogP contribution in [0.4, 0.5) is 10.6 Å². The monoisotopic (exact) mass is 443 g/mol. The first-order valence-corrected chi connectivity index (χ1v) is 9.71. The van der Waals surface area contributed by atoms with Crippen LogP contribution in [0.25, 0.3) is 5.52 Å². The minimum absolute atomic E-state index is 0.0569. The van der Waals surface area contributed by atoms with Gasteiger partial charge in [0, 0.05) is 12.8 Å². The smallest absolute Gasteiger partial charge is 0.453 e. The van der Waals surface area contributed by atoms with Crippen molar-refractivity contribution in [2.75, 3.05) is 12.8 Å². The Balaban J connectivity index is 1.66. The van der Waals surface area contributed by atoms with Gasteiger partial charge in [-0.25, -0.2) is 14.3 Å². The van der Waals surface area contributed by atoms with Crippen LogP contribution in [-0.4, -0.2) is 63.7 Å². The molecule has 0 radical (unpaired) electrons. The number of carbonyl (C=O) groups excluding carboxylic acids is 3. The number of methoxy groups -OCH3 is 1. The molecule has 1 aliphatic carbocycles. The number of nitriles is 1. The van der Waals surface area contributed by atoms with Gasteiger partial charge in [-0.1, -0.05) is 0 Å². The van der Waals surface area contributed by atoms with Gasteiger partial charge in [0.25, 0.3) is 0 Å². The van der Waals surface area contributed by atoms with E-state index in [4.69, 9.17) is 24.7 Å². The Morgan fingerprint density at radius 2 is 2.12 bits per heavy atom. The molecular weight excluding hydrogens is 426 g/mol. The Bertz CT molecular complexity index is 1190. The summed E-state index contributed by atoms with van der Waals surface area (Å²) in [5.74, 6) is -1.14. The van der Waals surface area contributed by atoms with Gasteiger partial charge < -0.3 is 29.4 Å². The van der Waals surface area contributed by atoms with Crippen molar-refractivity contribution >= 4 is 29.4 Å². The number of rotatable bonds is 2. The molecule has 2 aromatic rings. The van der Waals surface area contributed by atoms with E-state index >= 15 is 0 Å². The maximum absolute atomic E-state index is 12.5. The molecule has 0 amide bonds. The molecule has 5 rings (SSSR count). The third-order valence-corrected chi connectivity index (χ3v) is 5.87. The summed E-state index contributed by atoms with van der Waals surface area (Å²) in [5, 5.41) is 14.4.